The third kappa shape index (κ3) is 7.28. The van der Waals surface area contributed by atoms with Crippen LogP contribution in [0.3, 0.4) is 0 Å². The maximum absolute atomic E-state index is 13.3. The van der Waals surface area contributed by atoms with E-state index in [9.17, 15) is 14.4 Å². The van der Waals surface area contributed by atoms with Gasteiger partial charge in [0, 0.05) is 5.02 Å². The number of aryl methyl sites for hydroxylation is 1. The van der Waals surface area contributed by atoms with Crippen molar-refractivity contribution in [1.29, 1.82) is 0 Å². The van der Waals surface area contributed by atoms with Gasteiger partial charge in [-0.05, 0) is 78.6 Å². The molecule has 0 bridgehead atoms. The predicted molar refractivity (Wildman–Crippen MR) is 176 cm³/mol. The van der Waals surface area contributed by atoms with E-state index in [4.69, 9.17) is 42.1 Å². The van der Waals surface area contributed by atoms with Crippen molar-refractivity contribution in [2.75, 3.05) is 18.6 Å². The SMILES string of the molecule is CCOc1cc(COc2c(Cl)cc(/C=C3\C(=O)NC(=O)N(c4ccc(C)c(Cl)c4)C3=O)cc2OC)ccc1OCc1ccccc1. The Morgan fingerprint density at radius 3 is 2.26 bits per heavy atom. The number of rotatable bonds is 11. The third-order valence-corrected chi connectivity index (χ3v) is 7.69. The molecule has 0 saturated carbocycles. The monoisotopic (exact) mass is 660 g/mol. The summed E-state index contributed by atoms with van der Waals surface area (Å²) in [5.74, 6) is 0.0600. The van der Waals surface area contributed by atoms with Gasteiger partial charge in [-0.1, -0.05) is 65.7 Å². The molecule has 1 heterocycles. The van der Waals surface area contributed by atoms with Gasteiger partial charge in [-0.3, -0.25) is 14.9 Å². The molecule has 236 valence electrons. The molecule has 4 aromatic rings. The molecule has 0 aromatic heterocycles. The van der Waals surface area contributed by atoms with E-state index < -0.39 is 17.8 Å². The number of benzene rings is 4. The number of nitrogens with one attached hydrogen (secondary N) is 1. The lowest BCUT2D eigenvalue weighted by molar-refractivity contribution is -0.122. The van der Waals surface area contributed by atoms with Crippen molar-refractivity contribution in [1.82, 2.24) is 5.32 Å². The lowest BCUT2D eigenvalue weighted by Crippen LogP contribution is -2.54. The fourth-order valence-corrected chi connectivity index (χ4v) is 5.11. The van der Waals surface area contributed by atoms with Crippen LogP contribution >= 0.6 is 23.2 Å². The lowest BCUT2D eigenvalue weighted by Gasteiger charge is -2.26. The Kier molecular flexibility index (Phi) is 10.1. The minimum absolute atomic E-state index is 0.132. The van der Waals surface area contributed by atoms with Crippen LogP contribution in [0.25, 0.3) is 6.08 Å². The first-order valence-electron chi connectivity index (χ1n) is 14.3. The number of amides is 4. The summed E-state index contributed by atoms with van der Waals surface area (Å²) in [4.78, 5) is 39.5. The summed E-state index contributed by atoms with van der Waals surface area (Å²) in [6.07, 6.45) is 1.33. The predicted octanol–water partition coefficient (Wildman–Crippen LogP) is 7.53. The molecule has 1 saturated heterocycles. The number of carbonyl (C=O) groups is 3. The van der Waals surface area contributed by atoms with Gasteiger partial charge in [0.2, 0.25) is 0 Å². The Balaban J connectivity index is 1.35. The highest BCUT2D eigenvalue weighted by molar-refractivity contribution is 6.39. The van der Waals surface area contributed by atoms with E-state index in [1.165, 1.54) is 25.3 Å². The molecule has 1 aliphatic rings. The molecular weight excluding hydrogens is 631 g/mol. The Bertz CT molecular complexity index is 1830. The highest BCUT2D eigenvalue weighted by Crippen LogP contribution is 2.38. The van der Waals surface area contributed by atoms with E-state index in [1.807, 2.05) is 55.5 Å². The normalized spacial score (nSPS) is 13.9. The Morgan fingerprint density at radius 2 is 1.54 bits per heavy atom. The molecule has 9 nitrogen and oxygen atoms in total. The number of carbonyl (C=O) groups excluding carboxylic acids is 3. The van der Waals surface area contributed by atoms with Crippen LogP contribution in [0.5, 0.6) is 23.0 Å². The zero-order chi connectivity index (χ0) is 32.8. The molecule has 0 unspecified atom stereocenters. The molecule has 46 heavy (non-hydrogen) atoms. The molecule has 11 heteroatoms. The topological polar surface area (TPSA) is 103 Å². The standard InChI is InChI=1S/C35H30Cl2N2O7/c1-4-44-30-16-23(11-13-29(30)45-19-22-8-6-5-7-9-22)20-46-32-28(37)15-24(17-31(32)43-3)14-26-33(40)38-35(42)39(34(26)41)25-12-10-21(2)27(36)18-25/h5-18H,4,19-20H2,1-3H3,(H,38,40,42)/b26-14+. The number of hydrogen-bond donors (Lipinski definition) is 1. The highest BCUT2D eigenvalue weighted by atomic mass is 35.5. The van der Waals surface area contributed by atoms with Gasteiger partial charge in [0.25, 0.3) is 11.8 Å². The fourth-order valence-electron chi connectivity index (χ4n) is 4.66. The van der Waals surface area contributed by atoms with Gasteiger partial charge < -0.3 is 18.9 Å². The molecular formula is C35H30Cl2N2O7. The quantitative estimate of drug-likeness (QED) is 0.131. The van der Waals surface area contributed by atoms with Gasteiger partial charge in [0.1, 0.15) is 18.8 Å². The van der Waals surface area contributed by atoms with Crippen molar-refractivity contribution < 1.29 is 33.3 Å². The lowest BCUT2D eigenvalue weighted by atomic mass is 10.1. The second-order valence-corrected chi connectivity index (χ2v) is 11.0. The Hall–Kier alpha value is -4.99. The number of anilines is 1. The number of ether oxygens (including phenoxy) is 4. The van der Waals surface area contributed by atoms with Gasteiger partial charge in [-0.2, -0.15) is 0 Å². The zero-order valence-electron chi connectivity index (χ0n) is 25.3. The van der Waals surface area contributed by atoms with Crippen LogP contribution < -0.4 is 29.2 Å². The molecule has 1 fully saturated rings. The first-order chi connectivity index (χ1) is 22.2. The smallest absolute Gasteiger partial charge is 0.335 e. The first kappa shape index (κ1) is 32.4. The van der Waals surface area contributed by atoms with Gasteiger partial charge in [-0.15, -0.1) is 0 Å². The van der Waals surface area contributed by atoms with E-state index in [0.717, 1.165) is 21.6 Å². The van der Waals surface area contributed by atoms with Gasteiger partial charge in [-0.25, -0.2) is 9.69 Å². The van der Waals surface area contributed by atoms with Gasteiger partial charge in [0.15, 0.2) is 23.0 Å². The van der Waals surface area contributed by atoms with Crippen molar-refractivity contribution >= 4 is 52.8 Å². The second-order valence-electron chi connectivity index (χ2n) is 10.2. The average Bonchev–Trinajstić information content (AvgIpc) is 3.04. The van der Waals surface area contributed by atoms with Gasteiger partial charge in [0.05, 0.1) is 24.4 Å². The van der Waals surface area contributed by atoms with Crippen molar-refractivity contribution in [3.05, 3.63) is 117 Å². The van der Waals surface area contributed by atoms with Crippen molar-refractivity contribution in [2.45, 2.75) is 27.1 Å². The number of methoxy groups -OCH3 is 1. The van der Waals surface area contributed by atoms with Crippen LogP contribution in [0.15, 0.2) is 84.4 Å². The number of hydrogen-bond acceptors (Lipinski definition) is 7. The molecule has 1 aliphatic heterocycles. The Labute approximate surface area is 276 Å². The molecule has 4 amide bonds. The summed E-state index contributed by atoms with van der Waals surface area (Å²) >= 11 is 12.8. The van der Waals surface area contributed by atoms with Crippen LogP contribution in [0.1, 0.15) is 29.2 Å². The van der Waals surface area contributed by atoms with Crippen molar-refractivity contribution in [3.8, 4) is 23.0 Å². The molecule has 4 aromatic carbocycles. The first-order valence-corrected chi connectivity index (χ1v) is 15.0. The number of barbiturate groups is 1. The largest absolute Gasteiger partial charge is 0.493 e. The van der Waals surface area contributed by atoms with Crippen LogP contribution in [-0.4, -0.2) is 31.6 Å². The number of halogens is 2. The fraction of sp³-hybridized carbons (Fsp3) is 0.171. The van der Waals surface area contributed by atoms with Gasteiger partial charge >= 0.3 is 6.03 Å². The van der Waals surface area contributed by atoms with E-state index in [-0.39, 0.29) is 34.4 Å². The molecule has 1 N–H and O–H groups in total. The summed E-state index contributed by atoms with van der Waals surface area (Å²) in [5.41, 5.74) is 2.92. The van der Waals surface area contributed by atoms with E-state index in [0.29, 0.717) is 35.3 Å². The molecule has 5 rings (SSSR count). The average molecular weight is 662 g/mol. The van der Waals surface area contributed by atoms with Crippen LogP contribution in [0.4, 0.5) is 10.5 Å². The van der Waals surface area contributed by atoms with Crippen LogP contribution in [-0.2, 0) is 22.8 Å². The maximum atomic E-state index is 13.3. The van der Waals surface area contributed by atoms with Crippen molar-refractivity contribution in [2.24, 2.45) is 0 Å². The number of urea groups is 1. The van der Waals surface area contributed by atoms with E-state index in [1.54, 1.807) is 25.1 Å². The minimum atomic E-state index is -0.880. The van der Waals surface area contributed by atoms with E-state index in [2.05, 4.69) is 5.32 Å². The maximum Gasteiger partial charge on any atom is 0.335 e. The van der Waals surface area contributed by atoms with Crippen LogP contribution in [0.2, 0.25) is 10.0 Å². The van der Waals surface area contributed by atoms with Crippen LogP contribution in [0, 0.1) is 6.92 Å². The Morgan fingerprint density at radius 1 is 0.783 bits per heavy atom. The number of imide groups is 2. The molecule has 0 atom stereocenters. The highest BCUT2D eigenvalue weighted by Gasteiger charge is 2.37. The minimum Gasteiger partial charge on any atom is -0.493 e. The number of nitrogens with zero attached hydrogens (tertiary/aromatic N) is 1. The third-order valence-electron chi connectivity index (χ3n) is 7.01. The summed E-state index contributed by atoms with van der Waals surface area (Å²) in [5, 5.41) is 2.75. The summed E-state index contributed by atoms with van der Waals surface area (Å²) < 4.78 is 23.4. The summed E-state index contributed by atoms with van der Waals surface area (Å²) in [6.45, 7) is 4.67. The molecule has 0 aliphatic carbocycles. The van der Waals surface area contributed by atoms with E-state index >= 15 is 0 Å². The summed E-state index contributed by atoms with van der Waals surface area (Å²) in [7, 11) is 1.45. The molecule has 0 spiro atoms. The zero-order valence-corrected chi connectivity index (χ0v) is 26.8. The summed E-state index contributed by atoms with van der Waals surface area (Å²) in [6, 6.07) is 22.3. The van der Waals surface area contributed by atoms with Crippen molar-refractivity contribution in [3.63, 3.8) is 0 Å². The second kappa shape index (κ2) is 14.4. The molecule has 0 radical (unpaired) electrons.